The van der Waals surface area contributed by atoms with Crippen LogP contribution in [0, 0.1) is 0 Å². The third-order valence-electron chi connectivity index (χ3n) is 5.74. The van der Waals surface area contributed by atoms with Gasteiger partial charge in [-0.3, -0.25) is 19.3 Å². The van der Waals surface area contributed by atoms with Gasteiger partial charge in [-0.2, -0.15) is 0 Å². The Morgan fingerprint density at radius 1 is 1.00 bits per heavy atom. The molecule has 1 aliphatic heterocycles. The highest BCUT2D eigenvalue weighted by molar-refractivity contribution is 6.38. The van der Waals surface area contributed by atoms with E-state index in [1.165, 1.54) is 4.90 Å². The zero-order valence-corrected chi connectivity index (χ0v) is 19.2. The summed E-state index contributed by atoms with van der Waals surface area (Å²) < 4.78 is 0. The lowest BCUT2D eigenvalue weighted by Gasteiger charge is -2.32. The summed E-state index contributed by atoms with van der Waals surface area (Å²) in [6.07, 6.45) is 1.69. The van der Waals surface area contributed by atoms with Crippen LogP contribution in [0.25, 0.3) is 11.3 Å². The molecule has 1 saturated heterocycles. The van der Waals surface area contributed by atoms with Crippen LogP contribution in [0.1, 0.15) is 24.4 Å². The molecule has 1 unspecified atom stereocenters. The van der Waals surface area contributed by atoms with Gasteiger partial charge in [0.2, 0.25) is 5.91 Å². The first-order chi connectivity index (χ1) is 17.0. The normalized spacial score (nSPS) is 14.5. The van der Waals surface area contributed by atoms with Crippen molar-refractivity contribution < 1.29 is 19.2 Å². The van der Waals surface area contributed by atoms with Crippen LogP contribution in [0.4, 0.5) is 4.79 Å². The number of urea groups is 1. The topological polar surface area (TPSA) is 127 Å². The van der Waals surface area contributed by atoms with Gasteiger partial charge in [0.1, 0.15) is 11.9 Å². The van der Waals surface area contributed by atoms with Gasteiger partial charge in [-0.05, 0) is 18.1 Å². The number of hydrogen-bond acceptors (Lipinski definition) is 5. The molecule has 10 nitrogen and oxygen atoms in total. The van der Waals surface area contributed by atoms with E-state index < -0.39 is 29.8 Å². The number of aromatic amines is 1. The first-order valence-corrected chi connectivity index (χ1v) is 11.3. The smallest absolute Gasteiger partial charge is 0.325 e. The Bertz CT molecular complexity index is 1210. The van der Waals surface area contributed by atoms with Crippen molar-refractivity contribution in [3.63, 3.8) is 0 Å². The molecule has 4 rings (SSSR count). The maximum atomic E-state index is 13.1. The summed E-state index contributed by atoms with van der Waals surface area (Å²) in [6, 6.07) is 16.5. The SMILES string of the molecule is CCN1CCN(C(=O)NC(C(=O)NCc2ncc(-c3ccccc3)[nH]2)c2ccccc2)C(=O)C1=O. The van der Waals surface area contributed by atoms with E-state index in [0.717, 1.165) is 16.2 Å². The molecule has 5 amide bonds. The summed E-state index contributed by atoms with van der Waals surface area (Å²) in [5.41, 5.74) is 2.32. The van der Waals surface area contributed by atoms with E-state index in [2.05, 4.69) is 20.6 Å². The Kier molecular flexibility index (Phi) is 7.20. The molecule has 1 fully saturated rings. The molecule has 2 aromatic carbocycles. The number of imide groups is 1. The van der Waals surface area contributed by atoms with Gasteiger partial charge in [0.25, 0.3) is 0 Å². The standard InChI is InChI=1S/C25H26N6O4/c1-2-30-13-14-31(24(34)23(30)33)25(35)29-21(18-11-7-4-8-12-18)22(32)27-16-20-26-15-19(28-20)17-9-5-3-6-10-17/h3-12,15,21H,2,13-14,16H2,1H3,(H,26,28)(H,27,32)(H,29,35). The average Bonchev–Trinajstić information content (AvgIpc) is 3.37. The number of amides is 5. The van der Waals surface area contributed by atoms with Gasteiger partial charge in [0, 0.05) is 19.6 Å². The Hall–Kier alpha value is -4.47. The monoisotopic (exact) mass is 474 g/mol. The number of aromatic nitrogens is 2. The summed E-state index contributed by atoms with van der Waals surface area (Å²) in [5, 5.41) is 5.39. The number of rotatable bonds is 7. The van der Waals surface area contributed by atoms with Crippen LogP contribution in [0.3, 0.4) is 0 Å². The third-order valence-corrected chi connectivity index (χ3v) is 5.74. The van der Waals surface area contributed by atoms with Crippen molar-refractivity contribution in [3.05, 3.63) is 78.2 Å². The largest absolute Gasteiger partial charge is 0.347 e. The fourth-order valence-corrected chi connectivity index (χ4v) is 3.81. The minimum absolute atomic E-state index is 0.0576. The van der Waals surface area contributed by atoms with Gasteiger partial charge in [-0.25, -0.2) is 9.78 Å². The quantitative estimate of drug-likeness (QED) is 0.450. The summed E-state index contributed by atoms with van der Waals surface area (Å²) in [4.78, 5) is 60.3. The zero-order chi connectivity index (χ0) is 24.8. The number of imidazole rings is 1. The van der Waals surface area contributed by atoms with Crippen molar-refractivity contribution in [1.29, 1.82) is 0 Å². The molecule has 3 aromatic rings. The van der Waals surface area contributed by atoms with E-state index in [-0.39, 0.29) is 19.6 Å². The summed E-state index contributed by atoms with van der Waals surface area (Å²) in [6.45, 7) is 2.56. The molecule has 35 heavy (non-hydrogen) atoms. The molecule has 180 valence electrons. The second-order valence-electron chi connectivity index (χ2n) is 7.96. The first-order valence-electron chi connectivity index (χ1n) is 11.3. The second kappa shape index (κ2) is 10.6. The average molecular weight is 475 g/mol. The van der Waals surface area contributed by atoms with Gasteiger partial charge < -0.3 is 20.5 Å². The maximum absolute atomic E-state index is 13.1. The van der Waals surface area contributed by atoms with Crippen LogP contribution in [0.15, 0.2) is 66.9 Å². The Morgan fingerprint density at radius 3 is 2.37 bits per heavy atom. The van der Waals surface area contributed by atoms with E-state index >= 15 is 0 Å². The van der Waals surface area contributed by atoms with Crippen LogP contribution in [0.5, 0.6) is 0 Å². The fourth-order valence-electron chi connectivity index (χ4n) is 3.81. The molecule has 0 saturated carbocycles. The summed E-state index contributed by atoms with van der Waals surface area (Å²) in [7, 11) is 0. The van der Waals surface area contributed by atoms with Crippen molar-refractivity contribution in [2.45, 2.75) is 19.5 Å². The zero-order valence-electron chi connectivity index (χ0n) is 19.2. The van der Waals surface area contributed by atoms with E-state index in [1.54, 1.807) is 43.5 Å². The number of benzene rings is 2. The Labute approximate surface area is 202 Å². The maximum Gasteiger partial charge on any atom is 0.325 e. The molecule has 0 aliphatic carbocycles. The molecule has 0 spiro atoms. The molecular formula is C25H26N6O4. The van der Waals surface area contributed by atoms with E-state index in [4.69, 9.17) is 0 Å². The van der Waals surface area contributed by atoms with Crippen LogP contribution >= 0.6 is 0 Å². The minimum Gasteiger partial charge on any atom is -0.347 e. The molecule has 0 radical (unpaired) electrons. The number of piperazine rings is 1. The van der Waals surface area contributed by atoms with Crippen molar-refractivity contribution >= 4 is 23.8 Å². The number of carbonyl (C=O) groups is 4. The lowest BCUT2D eigenvalue weighted by molar-refractivity contribution is -0.153. The number of likely N-dealkylation sites (N-methyl/N-ethyl adjacent to an activating group) is 1. The van der Waals surface area contributed by atoms with Gasteiger partial charge in [0.15, 0.2) is 0 Å². The van der Waals surface area contributed by atoms with Crippen molar-refractivity contribution in [2.75, 3.05) is 19.6 Å². The highest BCUT2D eigenvalue weighted by atomic mass is 16.2. The molecule has 0 bridgehead atoms. The molecule has 1 aromatic heterocycles. The molecule has 1 atom stereocenters. The van der Waals surface area contributed by atoms with Crippen LogP contribution in [-0.4, -0.2) is 63.2 Å². The summed E-state index contributed by atoms with van der Waals surface area (Å²) in [5.74, 6) is -1.58. The van der Waals surface area contributed by atoms with Crippen LogP contribution < -0.4 is 10.6 Å². The Balaban J connectivity index is 1.45. The van der Waals surface area contributed by atoms with Crippen molar-refractivity contribution in [2.24, 2.45) is 0 Å². The van der Waals surface area contributed by atoms with E-state index in [0.29, 0.717) is 17.9 Å². The number of nitrogens with one attached hydrogen (secondary N) is 3. The van der Waals surface area contributed by atoms with Gasteiger partial charge in [0.05, 0.1) is 18.4 Å². The molecule has 1 aliphatic rings. The second-order valence-corrected chi connectivity index (χ2v) is 7.96. The van der Waals surface area contributed by atoms with E-state index in [9.17, 15) is 19.2 Å². The van der Waals surface area contributed by atoms with Gasteiger partial charge in [-0.15, -0.1) is 0 Å². The fraction of sp³-hybridized carbons (Fsp3) is 0.240. The molecule has 3 N–H and O–H groups in total. The predicted molar refractivity (Wildman–Crippen MR) is 128 cm³/mol. The van der Waals surface area contributed by atoms with Gasteiger partial charge >= 0.3 is 17.8 Å². The molecule has 2 heterocycles. The van der Waals surface area contributed by atoms with Crippen molar-refractivity contribution in [3.8, 4) is 11.3 Å². The number of nitrogens with zero attached hydrogens (tertiary/aromatic N) is 3. The Morgan fingerprint density at radius 2 is 1.69 bits per heavy atom. The number of hydrogen-bond donors (Lipinski definition) is 3. The first kappa shape index (κ1) is 23.7. The lowest BCUT2D eigenvalue weighted by atomic mass is 10.1. The van der Waals surface area contributed by atoms with Gasteiger partial charge in [-0.1, -0.05) is 60.7 Å². The highest BCUT2D eigenvalue weighted by Gasteiger charge is 2.37. The minimum atomic E-state index is -1.07. The summed E-state index contributed by atoms with van der Waals surface area (Å²) >= 11 is 0. The number of carbonyl (C=O) groups excluding carboxylic acids is 4. The van der Waals surface area contributed by atoms with E-state index in [1.807, 2.05) is 30.3 Å². The number of H-pyrrole nitrogens is 1. The van der Waals surface area contributed by atoms with Crippen LogP contribution in [-0.2, 0) is 20.9 Å². The highest BCUT2D eigenvalue weighted by Crippen LogP contribution is 2.17. The lowest BCUT2D eigenvalue weighted by Crippen LogP contribution is -2.59. The predicted octanol–water partition coefficient (Wildman–Crippen LogP) is 1.83. The molecular weight excluding hydrogens is 448 g/mol. The van der Waals surface area contributed by atoms with Crippen molar-refractivity contribution in [1.82, 2.24) is 30.4 Å². The van der Waals surface area contributed by atoms with Crippen LogP contribution in [0.2, 0.25) is 0 Å². The molecule has 10 heteroatoms. The third kappa shape index (κ3) is 5.37.